The van der Waals surface area contributed by atoms with Gasteiger partial charge in [0.25, 0.3) is 0 Å². The summed E-state index contributed by atoms with van der Waals surface area (Å²) in [7, 11) is 0. The van der Waals surface area contributed by atoms with Crippen molar-refractivity contribution in [1.82, 2.24) is 9.55 Å². The molecule has 0 fully saturated rings. The van der Waals surface area contributed by atoms with Crippen LogP contribution in [-0.2, 0) is 4.74 Å². The van der Waals surface area contributed by atoms with E-state index in [9.17, 15) is 14.9 Å². The van der Waals surface area contributed by atoms with Gasteiger partial charge in [-0.25, -0.2) is 19.2 Å². The van der Waals surface area contributed by atoms with Crippen molar-refractivity contribution in [3.05, 3.63) is 71.2 Å². The molecular weight excluding hydrogens is 380 g/mol. The number of nitrogens with zero attached hydrogens (tertiary/aromatic N) is 4. The quantitative estimate of drug-likeness (QED) is 0.465. The van der Waals surface area contributed by atoms with Gasteiger partial charge < -0.3 is 14.9 Å². The van der Waals surface area contributed by atoms with Crippen LogP contribution in [0.3, 0.4) is 0 Å². The largest absolute Gasteiger partial charge is 0.444 e. The number of rotatable bonds is 4. The number of carbonyl (C=O) groups is 1. The highest BCUT2D eigenvalue weighted by molar-refractivity contribution is 7.99. The lowest BCUT2D eigenvalue weighted by Gasteiger charge is -2.30. The third kappa shape index (κ3) is 3.20. The van der Waals surface area contributed by atoms with Gasteiger partial charge in [0.05, 0.1) is 11.4 Å². The number of carbonyl (C=O) groups excluding carboxylic acids is 1. The summed E-state index contributed by atoms with van der Waals surface area (Å²) in [4.78, 5) is 30.8. The standard InChI is InChI=1S/C19H16N4O4S/c1-13(21-12-20-10-18(21)23(25)26)11-27-19(24)22-14-6-2-4-8-16(14)28-17-9-5-3-7-15(17)22/h2-10,12-13H,11H2,1H3. The molecule has 9 heteroatoms. The molecule has 1 atom stereocenters. The number of hydrogen-bond acceptors (Lipinski definition) is 6. The first-order valence-electron chi connectivity index (χ1n) is 8.55. The molecule has 1 aromatic heterocycles. The molecule has 28 heavy (non-hydrogen) atoms. The smallest absolute Gasteiger partial charge is 0.419 e. The van der Waals surface area contributed by atoms with E-state index in [0.717, 1.165) is 21.2 Å². The van der Waals surface area contributed by atoms with Crippen molar-refractivity contribution in [3.63, 3.8) is 0 Å². The molecule has 1 aliphatic rings. The van der Waals surface area contributed by atoms with E-state index < -0.39 is 17.1 Å². The van der Waals surface area contributed by atoms with E-state index in [0.29, 0.717) is 0 Å². The SMILES string of the molecule is CC(COC(=O)N1c2ccccc2Sc2ccccc21)n1cncc1[N+](=O)[O-]. The molecule has 0 saturated heterocycles. The van der Waals surface area contributed by atoms with Crippen LogP contribution in [0, 0.1) is 10.1 Å². The molecule has 0 saturated carbocycles. The number of hydrogen-bond donors (Lipinski definition) is 0. The predicted molar refractivity (Wildman–Crippen MR) is 104 cm³/mol. The molecule has 0 radical (unpaired) electrons. The Morgan fingerprint density at radius 2 is 1.79 bits per heavy atom. The average molecular weight is 396 g/mol. The van der Waals surface area contributed by atoms with Crippen LogP contribution in [0.25, 0.3) is 0 Å². The summed E-state index contributed by atoms with van der Waals surface area (Å²) in [6.07, 6.45) is 2.00. The lowest BCUT2D eigenvalue weighted by atomic mass is 10.2. The first kappa shape index (κ1) is 18.1. The second kappa shape index (κ2) is 7.35. The molecule has 4 rings (SSSR count). The van der Waals surface area contributed by atoms with Crippen molar-refractivity contribution < 1.29 is 14.5 Å². The number of amides is 1. The van der Waals surface area contributed by atoms with Crippen LogP contribution < -0.4 is 4.90 Å². The lowest BCUT2D eigenvalue weighted by molar-refractivity contribution is -0.392. The summed E-state index contributed by atoms with van der Waals surface area (Å²) < 4.78 is 6.90. The van der Waals surface area contributed by atoms with Crippen LogP contribution in [0.2, 0.25) is 0 Å². The fourth-order valence-corrected chi connectivity index (χ4v) is 4.07. The van der Waals surface area contributed by atoms with Crippen molar-refractivity contribution in [2.45, 2.75) is 22.8 Å². The average Bonchev–Trinajstić information content (AvgIpc) is 3.20. The highest BCUT2D eigenvalue weighted by Gasteiger charge is 2.30. The molecule has 0 spiro atoms. The number of benzene rings is 2. The van der Waals surface area contributed by atoms with E-state index in [1.807, 2.05) is 48.5 Å². The van der Waals surface area contributed by atoms with Crippen molar-refractivity contribution in [1.29, 1.82) is 0 Å². The molecule has 3 aromatic rings. The first-order valence-corrected chi connectivity index (χ1v) is 9.37. The molecular formula is C19H16N4O4S. The molecule has 1 aliphatic heterocycles. The second-order valence-corrected chi connectivity index (χ2v) is 7.30. The number of nitro groups is 1. The Morgan fingerprint density at radius 3 is 2.39 bits per heavy atom. The Labute approximate surface area is 164 Å². The van der Waals surface area contributed by atoms with Crippen LogP contribution in [0.1, 0.15) is 13.0 Å². The zero-order valence-electron chi connectivity index (χ0n) is 14.9. The number of para-hydroxylation sites is 2. The van der Waals surface area contributed by atoms with E-state index >= 15 is 0 Å². The molecule has 0 aliphatic carbocycles. The maximum absolute atomic E-state index is 13.0. The molecule has 1 amide bonds. The van der Waals surface area contributed by atoms with Crippen LogP contribution in [0.4, 0.5) is 22.0 Å². The van der Waals surface area contributed by atoms with Crippen LogP contribution in [0.15, 0.2) is 70.8 Å². The highest BCUT2D eigenvalue weighted by Crippen LogP contribution is 2.48. The van der Waals surface area contributed by atoms with E-state index in [-0.39, 0.29) is 12.4 Å². The van der Waals surface area contributed by atoms with E-state index in [4.69, 9.17) is 4.74 Å². The molecule has 0 N–H and O–H groups in total. The monoisotopic (exact) mass is 396 g/mol. The van der Waals surface area contributed by atoms with Crippen LogP contribution in [0.5, 0.6) is 0 Å². The summed E-state index contributed by atoms with van der Waals surface area (Å²) in [5.41, 5.74) is 1.50. The van der Waals surface area contributed by atoms with E-state index in [2.05, 4.69) is 4.98 Å². The van der Waals surface area contributed by atoms with Gasteiger partial charge >= 0.3 is 11.9 Å². The van der Waals surface area contributed by atoms with Crippen molar-refractivity contribution in [2.24, 2.45) is 0 Å². The highest BCUT2D eigenvalue weighted by atomic mass is 32.2. The molecule has 2 aromatic carbocycles. The van der Waals surface area contributed by atoms with Gasteiger partial charge in [-0.2, -0.15) is 0 Å². The Bertz CT molecular complexity index is 1010. The summed E-state index contributed by atoms with van der Waals surface area (Å²) in [5, 5.41) is 11.1. The number of anilines is 2. The Hall–Kier alpha value is -3.33. The summed E-state index contributed by atoms with van der Waals surface area (Å²) >= 11 is 1.59. The molecule has 2 heterocycles. The minimum Gasteiger partial charge on any atom is -0.444 e. The van der Waals surface area contributed by atoms with Crippen molar-refractivity contribution in [2.75, 3.05) is 11.5 Å². The van der Waals surface area contributed by atoms with Crippen molar-refractivity contribution in [3.8, 4) is 0 Å². The van der Waals surface area contributed by atoms with Gasteiger partial charge in [-0.3, -0.25) is 0 Å². The summed E-state index contributed by atoms with van der Waals surface area (Å²) in [5.74, 6) is -0.145. The summed E-state index contributed by atoms with van der Waals surface area (Å²) in [6, 6.07) is 14.8. The summed E-state index contributed by atoms with van der Waals surface area (Å²) in [6.45, 7) is 1.71. The van der Waals surface area contributed by atoms with Crippen LogP contribution in [-0.4, -0.2) is 27.2 Å². The van der Waals surface area contributed by atoms with Gasteiger partial charge in [-0.05, 0) is 36.1 Å². The topological polar surface area (TPSA) is 90.5 Å². The van der Waals surface area contributed by atoms with E-state index in [1.165, 1.54) is 22.0 Å². The first-order chi connectivity index (χ1) is 13.6. The van der Waals surface area contributed by atoms with Gasteiger partial charge in [0.15, 0.2) is 6.33 Å². The fraction of sp³-hybridized carbons (Fsp3) is 0.158. The number of imidazole rings is 1. The zero-order chi connectivity index (χ0) is 19.7. The molecule has 142 valence electrons. The predicted octanol–water partition coefficient (Wildman–Crippen LogP) is 4.79. The van der Waals surface area contributed by atoms with Gasteiger partial charge in [-0.15, -0.1) is 0 Å². The number of ether oxygens (including phenoxy) is 1. The fourth-order valence-electron chi connectivity index (χ4n) is 3.02. The number of aromatic nitrogens is 2. The maximum atomic E-state index is 13.0. The Kier molecular flexibility index (Phi) is 4.74. The second-order valence-electron chi connectivity index (χ2n) is 6.22. The Morgan fingerprint density at radius 1 is 1.18 bits per heavy atom. The third-order valence-electron chi connectivity index (χ3n) is 4.37. The number of fused-ring (bicyclic) bond motifs is 2. The molecule has 0 bridgehead atoms. The van der Waals surface area contributed by atoms with Gasteiger partial charge in [-0.1, -0.05) is 36.0 Å². The maximum Gasteiger partial charge on any atom is 0.419 e. The third-order valence-corrected chi connectivity index (χ3v) is 5.50. The normalized spacial score (nSPS) is 13.4. The molecule has 8 nitrogen and oxygen atoms in total. The van der Waals surface area contributed by atoms with Gasteiger partial charge in [0, 0.05) is 9.79 Å². The minimum atomic E-state index is -0.533. The van der Waals surface area contributed by atoms with Crippen molar-refractivity contribution >= 4 is 35.0 Å². The molecule has 1 unspecified atom stereocenters. The van der Waals surface area contributed by atoms with E-state index in [1.54, 1.807) is 18.7 Å². The van der Waals surface area contributed by atoms with Crippen LogP contribution >= 0.6 is 11.8 Å². The lowest BCUT2D eigenvalue weighted by Crippen LogP contribution is -2.30. The Balaban J connectivity index is 1.57. The van der Waals surface area contributed by atoms with Gasteiger partial charge in [0.2, 0.25) is 0 Å². The minimum absolute atomic E-state index is 0.0238. The van der Waals surface area contributed by atoms with Gasteiger partial charge in [0.1, 0.15) is 18.8 Å². The zero-order valence-corrected chi connectivity index (χ0v) is 15.7.